The molecule has 3 aromatic rings. The maximum Gasteiger partial charge on any atom is 0.204 e. The van der Waals surface area contributed by atoms with E-state index in [0.29, 0.717) is 10.9 Å². The van der Waals surface area contributed by atoms with Gasteiger partial charge in [0.1, 0.15) is 5.82 Å². The molecule has 3 aromatic carbocycles. The minimum Gasteiger partial charge on any atom is -0.491 e. The van der Waals surface area contributed by atoms with Crippen LogP contribution in [0.15, 0.2) is 42.5 Å². The molecule has 0 radical (unpaired) electrons. The molecule has 120 valence electrons. The second kappa shape index (κ2) is 6.25. The second-order valence-electron chi connectivity index (χ2n) is 5.02. The lowest BCUT2D eigenvalue weighted by Gasteiger charge is -2.05. The van der Waals surface area contributed by atoms with Gasteiger partial charge >= 0.3 is 0 Å². The summed E-state index contributed by atoms with van der Waals surface area (Å²) >= 11 is 0. The lowest BCUT2D eigenvalue weighted by Crippen LogP contribution is -1.99. The molecule has 0 aliphatic heterocycles. The quantitative estimate of drug-likeness (QED) is 0.354. The summed E-state index contributed by atoms with van der Waals surface area (Å²) in [6.45, 7) is 0. The Morgan fingerprint density at radius 1 is 0.792 bits per heavy atom. The smallest absolute Gasteiger partial charge is 0.204 e. The number of hydrogen-bond donors (Lipinski definition) is 0. The first-order valence-electron chi connectivity index (χ1n) is 6.92. The normalized spacial score (nSPS) is 10.4. The Hall–Kier alpha value is -3.00. The summed E-state index contributed by atoms with van der Waals surface area (Å²) in [6.07, 6.45) is 0. The van der Waals surface area contributed by atoms with E-state index in [-0.39, 0.29) is 5.82 Å². The van der Waals surface area contributed by atoms with Crippen molar-refractivity contribution in [2.45, 2.75) is 0 Å². The van der Waals surface area contributed by atoms with Gasteiger partial charge in [0.05, 0.1) is 12.7 Å². The summed E-state index contributed by atoms with van der Waals surface area (Å²) in [5.41, 5.74) is 0.0927. The Bertz CT molecular complexity index is 1000. The zero-order chi connectivity index (χ0) is 17.3. The van der Waals surface area contributed by atoms with Crippen LogP contribution < -0.4 is 4.74 Å². The number of rotatable bonds is 1. The molecule has 0 aliphatic rings. The lowest BCUT2D eigenvalue weighted by atomic mass is 10.1. The summed E-state index contributed by atoms with van der Waals surface area (Å²) < 4.78 is 58.7. The van der Waals surface area contributed by atoms with Crippen molar-refractivity contribution >= 4 is 10.8 Å². The van der Waals surface area contributed by atoms with Gasteiger partial charge in [0, 0.05) is 5.56 Å². The SMILES string of the molecule is COc1c(F)cc(C#Cc2ccc3cc(F)ccc3c2)c(F)c1F. The molecule has 0 unspecified atom stereocenters. The summed E-state index contributed by atoms with van der Waals surface area (Å²) in [6, 6.07) is 10.0. The molecule has 0 saturated carbocycles. The predicted molar refractivity (Wildman–Crippen MR) is 82.8 cm³/mol. The van der Waals surface area contributed by atoms with Crippen LogP contribution in [0.25, 0.3) is 10.8 Å². The predicted octanol–water partition coefficient (Wildman–Crippen LogP) is 4.80. The lowest BCUT2D eigenvalue weighted by molar-refractivity contribution is 0.346. The molecule has 5 heteroatoms. The van der Waals surface area contributed by atoms with Crippen LogP contribution in [0.1, 0.15) is 11.1 Å². The zero-order valence-corrected chi connectivity index (χ0v) is 12.5. The van der Waals surface area contributed by atoms with Crippen molar-refractivity contribution in [3.05, 3.63) is 76.9 Å². The molecule has 3 rings (SSSR count). The van der Waals surface area contributed by atoms with E-state index < -0.39 is 28.8 Å². The number of hydrogen-bond acceptors (Lipinski definition) is 1. The number of methoxy groups -OCH3 is 1. The molecule has 0 aromatic heterocycles. The number of fused-ring (bicyclic) bond motifs is 1. The topological polar surface area (TPSA) is 9.23 Å². The van der Waals surface area contributed by atoms with Gasteiger partial charge in [0.15, 0.2) is 17.4 Å². The fourth-order valence-electron chi connectivity index (χ4n) is 2.29. The van der Waals surface area contributed by atoms with E-state index in [0.717, 1.165) is 18.6 Å². The fraction of sp³-hybridized carbons (Fsp3) is 0.0526. The molecule has 0 heterocycles. The molecule has 0 aliphatic carbocycles. The van der Waals surface area contributed by atoms with Crippen molar-refractivity contribution in [1.82, 2.24) is 0 Å². The van der Waals surface area contributed by atoms with Gasteiger partial charge in [-0.2, -0.15) is 4.39 Å². The minimum absolute atomic E-state index is 0.354. The zero-order valence-electron chi connectivity index (χ0n) is 12.5. The monoisotopic (exact) mass is 330 g/mol. The molecule has 0 saturated heterocycles. The third-order valence-electron chi connectivity index (χ3n) is 3.46. The first-order valence-corrected chi connectivity index (χ1v) is 6.92. The van der Waals surface area contributed by atoms with Gasteiger partial charge < -0.3 is 4.74 Å². The molecule has 0 bridgehead atoms. The molecular formula is C19H10F4O. The third kappa shape index (κ3) is 2.91. The number of halogens is 4. The van der Waals surface area contributed by atoms with E-state index in [1.807, 2.05) is 0 Å². The summed E-state index contributed by atoms with van der Waals surface area (Å²) in [7, 11) is 1.05. The van der Waals surface area contributed by atoms with E-state index >= 15 is 0 Å². The highest BCUT2D eigenvalue weighted by atomic mass is 19.2. The van der Waals surface area contributed by atoms with E-state index in [4.69, 9.17) is 0 Å². The molecule has 24 heavy (non-hydrogen) atoms. The highest BCUT2D eigenvalue weighted by molar-refractivity contribution is 5.83. The summed E-state index contributed by atoms with van der Waals surface area (Å²) in [5.74, 6) is 0.178. The van der Waals surface area contributed by atoms with Crippen LogP contribution in [-0.2, 0) is 0 Å². The molecule has 0 fully saturated rings. The average molecular weight is 330 g/mol. The van der Waals surface area contributed by atoms with Gasteiger partial charge in [-0.1, -0.05) is 24.0 Å². The van der Waals surface area contributed by atoms with Crippen LogP contribution in [0.4, 0.5) is 17.6 Å². The van der Waals surface area contributed by atoms with Crippen LogP contribution >= 0.6 is 0 Å². The largest absolute Gasteiger partial charge is 0.491 e. The van der Waals surface area contributed by atoms with Crippen molar-refractivity contribution in [2.24, 2.45) is 0 Å². The first kappa shape index (κ1) is 15.9. The van der Waals surface area contributed by atoms with Crippen LogP contribution in [0.5, 0.6) is 5.75 Å². The molecule has 1 nitrogen and oxygen atoms in total. The summed E-state index contributed by atoms with van der Waals surface area (Å²) in [5, 5.41) is 1.43. The highest BCUT2D eigenvalue weighted by Crippen LogP contribution is 2.26. The Morgan fingerprint density at radius 3 is 2.25 bits per heavy atom. The van der Waals surface area contributed by atoms with Crippen molar-refractivity contribution in [3.8, 4) is 17.6 Å². The van der Waals surface area contributed by atoms with Gasteiger partial charge in [-0.15, -0.1) is 0 Å². The fourth-order valence-corrected chi connectivity index (χ4v) is 2.29. The maximum atomic E-state index is 13.9. The molecule has 0 amide bonds. The highest BCUT2D eigenvalue weighted by Gasteiger charge is 2.18. The van der Waals surface area contributed by atoms with Gasteiger partial charge in [-0.25, -0.2) is 13.2 Å². The van der Waals surface area contributed by atoms with E-state index in [1.165, 1.54) is 12.1 Å². The molecule has 0 atom stereocenters. The average Bonchev–Trinajstić information content (AvgIpc) is 2.57. The molecular weight excluding hydrogens is 320 g/mol. The van der Waals surface area contributed by atoms with Crippen LogP contribution in [0.3, 0.4) is 0 Å². The van der Waals surface area contributed by atoms with E-state index in [2.05, 4.69) is 16.6 Å². The van der Waals surface area contributed by atoms with Crippen LogP contribution in [0, 0.1) is 35.1 Å². The Balaban J connectivity index is 2.03. The van der Waals surface area contributed by atoms with Gasteiger partial charge in [-0.05, 0) is 41.1 Å². The molecule has 0 spiro atoms. The second-order valence-corrected chi connectivity index (χ2v) is 5.02. The van der Waals surface area contributed by atoms with Crippen LogP contribution in [-0.4, -0.2) is 7.11 Å². The van der Waals surface area contributed by atoms with E-state index in [9.17, 15) is 17.6 Å². The molecule has 0 N–H and O–H groups in total. The first-order chi connectivity index (χ1) is 11.5. The van der Waals surface area contributed by atoms with Crippen molar-refractivity contribution in [2.75, 3.05) is 7.11 Å². The minimum atomic E-state index is -1.42. The van der Waals surface area contributed by atoms with Crippen LogP contribution in [0.2, 0.25) is 0 Å². The summed E-state index contributed by atoms with van der Waals surface area (Å²) in [4.78, 5) is 0. The third-order valence-corrected chi connectivity index (χ3v) is 3.46. The van der Waals surface area contributed by atoms with Crippen molar-refractivity contribution < 1.29 is 22.3 Å². The maximum absolute atomic E-state index is 13.9. The van der Waals surface area contributed by atoms with Gasteiger partial charge in [0.25, 0.3) is 0 Å². The number of ether oxygens (including phenoxy) is 1. The Morgan fingerprint density at radius 2 is 1.50 bits per heavy atom. The van der Waals surface area contributed by atoms with Crippen molar-refractivity contribution in [1.29, 1.82) is 0 Å². The van der Waals surface area contributed by atoms with Gasteiger partial charge in [-0.3, -0.25) is 0 Å². The van der Waals surface area contributed by atoms with Crippen molar-refractivity contribution in [3.63, 3.8) is 0 Å². The van der Waals surface area contributed by atoms with Gasteiger partial charge in [0.2, 0.25) is 5.82 Å². The van der Waals surface area contributed by atoms with E-state index in [1.54, 1.807) is 24.3 Å². The Kier molecular flexibility index (Phi) is 4.13. The Labute approximate surface area is 135 Å². The standard InChI is InChI=1S/C19H10F4O/c1-24-19-16(21)10-14(17(22)18(19)23)5-3-11-2-4-13-9-15(20)7-6-12(13)8-11/h2,4,6-10H,1H3. The number of benzene rings is 3.